The number of benzene rings is 1. The molecule has 19 heavy (non-hydrogen) atoms. The van der Waals surface area contributed by atoms with Crippen molar-refractivity contribution in [1.29, 1.82) is 0 Å². The van der Waals surface area contributed by atoms with Crippen molar-refractivity contribution in [2.75, 3.05) is 6.54 Å². The van der Waals surface area contributed by atoms with E-state index >= 15 is 0 Å². The Morgan fingerprint density at radius 2 is 2.11 bits per heavy atom. The van der Waals surface area contributed by atoms with Gasteiger partial charge in [0.1, 0.15) is 11.6 Å². The molecule has 3 N–H and O–H groups in total. The second-order valence-corrected chi connectivity index (χ2v) is 4.52. The van der Waals surface area contributed by atoms with Crippen LogP contribution in [0.5, 0.6) is 0 Å². The number of imidazole rings is 2. The van der Waals surface area contributed by atoms with Crippen LogP contribution < -0.4 is 5.32 Å². The molecule has 0 aliphatic heterocycles. The van der Waals surface area contributed by atoms with E-state index in [1.165, 1.54) is 0 Å². The fourth-order valence-electron chi connectivity index (χ4n) is 2.11. The van der Waals surface area contributed by atoms with Gasteiger partial charge in [-0.25, -0.2) is 9.97 Å². The zero-order valence-electron chi connectivity index (χ0n) is 10.7. The van der Waals surface area contributed by atoms with Crippen molar-refractivity contribution in [3.05, 3.63) is 48.3 Å². The van der Waals surface area contributed by atoms with Crippen molar-refractivity contribution in [2.45, 2.75) is 19.4 Å². The summed E-state index contributed by atoms with van der Waals surface area (Å²) in [6.45, 7) is 1.74. The van der Waals surface area contributed by atoms with Crippen molar-refractivity contribution in [2.24, 2.45) is 0 Å². The van der Waals surface area contributed by atoms with Crippen molar-refractivity contribution >= 4 is 11.0 Å². The van der Waals surface area contributed by atoms with Gasteiger partial charge in [-0.2, -0.15) is 0 Å². The molecule has 98 valence electrons. The summed E-state index contributed by atoms with van der Waals surface area (Å²) in [5, 5.41) is 3.36. The van der Waals surface area contributed by atoms with Crippen LogP contribution in [0.15, 0.2) is 36.7 Å². The Hall–Kier alpha value is -2.14. The summed E-state index contributed by atoms with van der Waals surface area (Å²) in [5.41, 5.74) is 2.15. The molecule has 5 nitrogen and oxygen atoms in total. The molecule has 0 saturated heterocycles. The summed E-state index contributed by atoms with van der Waals surface area (Å²) >= 11 is 0. The van der Waals surface area contributed by atoms with Gasteiger partial charge in [-0.15, -0.1) is 0 Å². The molecule has 0 aliphatic carbocycles. The first-order chi connectivity index (χ1) is 9.42. The number of para-hydroxylation sites is 2. The maximum atomic E-state index is 4.56. The molecular formula is C14H17N5. The molecule has 0 saturated carbocycles. The van der Waals surface area contributed by atoms with Crippen LogP contribution in [-0.2, 0) is 13.0 Å². The molecule has 0 amide bonds. The number of fused-ring (bicyclic) bond motifs is 1. The molecule has 3 rings (SSSR count). The van der Waals surface area contributed by atoms with Gasteiger partial charge < -0.3 is 15.3 Å². The van der Waals surface area contributed by atoms with Crippen LogP contribution >= 0.6 is 0 Å². The van der Waals surface area contributed by atoms with E-state index in [9.17, 15) is 0 Å². The summed E-state index contributed by atoms with van der Waals surface area (Å²) in [6, 6.07) is 8.12. The Bertz CT molecular complexity index is 593. The van der Waals surface area contributed by atoms with Crippen LogP contribution in [0, 0.1) is 0 Å². The average Bonchev–Trinajstić information content (AvgIpc) is 3.06. The van der Waals surface area contributed by atoms with Crippen molar-refractivity contribution in [3.63, 3.8) is 0 Å². The maximum absolute atomic E-state index is 4.56. The number of nitrogens with one attached hydrogen (secondary N) is 3. The van der Waals surface area contributed by atoms with Gasteiger partial charge in [0.05, 0.1) is 17.6 Å². The normalized spacial score (nSPS) is 11.2. The first-order valence-corrected chi connectivity index (χ1v) is 6.54. The lowest BCUT2D eigenvalue weighted by molar-refractivity contribution is 0.627. The minimum absolute atomic E-state index is 0.785. The predicted octanol–water partition coefficient (Wildman–Crippen LogP) is 2.01. The molecule has 0 fully saturated rings. The van der Waals surface area contributed by atoms with Gasteiger partial charge in [0, 0.05) is 18.8 Å². The topological polar surface area (TPSA) is 69.4 Å². The molecule has 0 aliphatic rings. The average molecular weight is 255 g/mol. The van der Waals surface area contributed by atoms with Gasteiger partial charge in [-0.3, -0.25) is 0 Å². The third-order valence-electron chi connectivity index (χ3n) is 3.05. The zero-order valence-corrected chi connectivity index (χ0v) is 10.7. The van der Waals surface area contributed by atoms with Crippen LogP contribution in [0.2, 0.25) is 0 Å². The first-order valence-electron chi connectivity index (χ1n) is 6.54. The maximum Gasteiger partial charge on any atom is 0.120 e. The summed E-state index contributed by atoms with van der Waals surface area (Å²) in [7, 11) is 0. The van der Waals surface area contributed by atoms with E-state index in [-0.39, 0.29) is 0 Å². The van der Waals surface area contributed by atoms with E-state index in [2.05, 4.69) is 31.3 Å². The Morgan fingerprint density at radius 1 is 1.16 bits per heavy atom. The second kappa shape index (κ2) is 5.67. The first kappa shape index (κ1) is 11.9. The van der Waals surface area contributed by atoms with E-state index in [1.807, 2.05) is 24.4 Å². The Morgan fingerprint density at radius 3 is 2.95 bits per heavy atom. The molecule has 0 spiro atoms. The highest BCUT2D eigenvalue weighted by Crippen LogP contribution is 2.10. The molecule has 2 heterocycles. The molecule has 0 radical (unpaired) electrons. The van der Waals surface area contributed by atoms with Crippen LogP contribution in [0.4, 0.5) is 0 Å². The fourth-order valence-corrected chi connectivity index (χ4v) is 2.11. The number of aromatic nitrogens is 4. The number of aryl methyl sites for hydroxylation is 1. The van der Waals surface area contributed by atoms with Gasteiger partial charge in [-0.1, -0.05) is 12.1 Å². The van der Waals surface area contributed by atoms with Crippen molar-refractivity contribution < 1.29 is 0 Å². The molecule has 2 aromatic heterocycles. The zero-order chi connectivity index (χ0) is 12.9. The lowest BCUT2D eigenvalue weighted by Crippen LogP contribution is -2.16. The van der Waals surface area contributed by atoms with E-state index in [1.54, 1.807) is 6.20 Å². The van der Waals surface area contributed by atoms with Crippen molar-refractivity contribution in [3.8, 4) is 0 Å². The minimum Gasteiger partial charge on any atom is -0.348 e. The van der Waals surface area contributed by atoms with Gasteiger partial charge in [0.15, 0.2) is 0 Å². The molecule has 0 bridgehead atoms. The number of hydrogen-bond donors (Lipinski definition) is 3. The van der Waals surface area contributed by atoms with Gasteiger partial charge in [-0.05, 0) is 25.1 Å². The smallest absolute Gasteiger partial charge is 0.120 e. The Kier molecular flexibility index (Phi) is 3.56. The van der Waals surface area contributed by atoms with Crippen LogP contribution in [0.1, 0.15) is 18.1 Å². The monoisotopic (exact) mass is 255 g/mol. The third kappa shape index (κ3) is 3.00. The summed E-state index contributed by atoms with van der Waals surface area (Å²) in [4.78, 5) is 15.1. The molecule has 1 aromatic carbocycles. The summed E-state index contributed by atoms with van der Waals surface area (Å²) < 4.78 is 0. The highest BCUT2D eigenvalue weighted by Gasteiger charge is 2.01. The van der Waals surface area contributed by atoms with E-state index in [0.717, 1.165) is 48.6 Å². The fraction of sp³-hybridized carbons (Fsp3) is 0.286. The van der Waals surface area contributed by atoms with Crippen LogP contribution in [0.25, 0.3) is 11.0 Å². The lowest BCUT2D eigenvalue weighted by Gasteiger charge is -2.01. The van der Waals surface area contributed by atoms with E-state index in [4.69, 9.17) is 0 Å². The highest BCUT2D eigenvalue weighted by molar-refractivity contribution is 5.74. The van der Waals surface area contributed by atoms with Crippen molar-refractivity contribution in [1.82, 2.24) is 25.3 Å². The van der Waals surface area contributed by atoms with Crippen LogP contribution in [-0.4, -0.2) is 26.5 Å². The number of aromatic amines is 2. The van der Waals surface area contributed by atoms with E-state index in [0.29, 0.717) is 0 Å². The molecule has 0 atom stereocenters. The molecule has 0 unspecified atom stereocenters. The standard InChI is InChI=1S/C14H17N5/c1-2-5-12-11(4-1)18-13(19-12)6-3-7-15-10-14-16-8-9-17-14/h1-2,4-5,8-9,15H,3,6-7,10H2,(H,16,17)(H,18,19). The Labute approximate surface area is 111 Å². The van der Waals surface area contributed by atoms with Gasteiger partial charge >= 0.3 is 0 Å². The van der Waals surface area contributed by atoms with Gasteiger partial charge in [0.2, 0.25) is 0 Å². The molecule has 5 heteroatoms. The largest absolute Gasteiger partial charge is 0.348 e. The Balaban J connectivity index is 1.44. The minimum atomic E-state index is 0.785. The number of H-pyrrole nitrogens is 2. The van der Waals surface area contributed by atoms with Gasteiger partial charge in [0.25, 0.3) is 0 Å². The predicted molar refractivity (Wildman–Crippen MR) is 74.7 cm³/mol. The van der Waals surface area contributed by atoms with Crippen LogP contribution in [0.3, 0.4) is 0 Å². The number of rotatable bonds is 6. The second-order valence-electron chi connectivity index (χ2n) is 4.52. The summed E-state index contributed by atoms with van der Waals surface area (Å²) in [5.74, 6) is 2.03. The summed E-state index contributed by atoms with van der Waals surface area (Å²) in [6.07, 6.45) is 5.62. The third-order valence-corrected chi connectivity index (χ3v) is 3.05. The molecular weight excluding hydrogens is 238 g/mol. The SMILES string of the molecule is c1ccc2[nH]c(CCCNCc3ncc[nH]3)nc2c1. The molecule has 3 aromatic rings. The van der Waals surface area contributed by atoms with E-state index < -0.39 is 0 Å². The number of nitrogens with zero attached hydrogens (tertiary/aromatic N) is 2. The highest BCUT2D eigenvalue weighted by atomic mass is 15.0. The quantitative estimate of drug-likeness (QED) is 0.590. The lowest BCUT2D eigenvalue weighted by atomic mass is 10.3. The number of hydrogen-bond acceptors (Lipinski definition) is 3.